The SMILES string of the molecule is C/C=C(\C=C/C(C)C)N1C2=CCC(=NC(C)C)C(NC(/C=C\COC)=C/N)=CC2=Nc2ccccc21.CC.CF. The molecule has 0 atom stereocenters. The van der Waals surface area contributed by atoms with Crippen molar-refractivity contribution in [3.05, 3.63) is 95.8 Å². The Hall–Kier alpha value is -3.71. The lowest BCUT2D eigenvalue weighted by Crippen LogP contribution is -2.28. The Balaban J connectivity index is 0.00000191. The Labute approximate surface area is 241 Å². The predicted molar refractivity (Wildman–Crippen MR) is 172 cm³/mol. The monoisotopic (exact) mass is 549 g/mol. The number of nitrogens with zero attached hydrogens (tertiary/aromatic N) is 3. The van der Waals surface area contributed by atoms with Crippen molar-refractivity contribution < 1.29 is 9.13 Å². The lowest BCUT2D eigenvalue weighted by molar-refractivity contribution is 0.234. The maximum absolute atomic E-state index is 9.50. The number of methoxy groups -OCH3 is 1. The van der Waals surface area contributed by atoms with Crippen LogP contribution in [0.2, 0.25) is 0 Å². The zero-order valence-corrected chi connectivity index (χ0v) is 25.7. The number of ether oxygens (including phenoxy) is 1. The normalized spacial score (nSPS) is 16.4. The minimum Gasteiger partial charge on any atom is -0.403 e. The fourth-order valence-electron chi connectivity index (χ4n) is 3.98. The molecule has 1 heterocycles. The van der Waals surface area contributed by atoms with E-state index in [4.69, 9.17) is 20.5 Å². The largest absolute Gasteiger partial charge is 0.403 e. The topological polar surface area (TPSA) is 75.2 Å². The molecule has 0 amide bonds. The maximum atomic E-state index is 9.50. The second-order valence-corrected chi connectivity index (χ2v) is 9.26. The molecule has 3 rings (SSSR count). The van der Waals surface area contributed by atoms with Gasteiger partial charge in [-0.3, -0.25) is 9.38 Å². The lowest BCUT2D eigenvalue weighted by Gasteiger charge is -2.33. The third-order valence-corrected chi connectivity index (χ3v) is 5.59. The highest BCUT2D eigenvalue weighted by molar-refractivity contribution is 6.20. The molecule has 0 unspecified atom stereocenters. The first-order valence-corrected chi connectivity index (χ1v) is 13.9. The average molecular weight is 550 g/mol. The minimum absolute atomic E-state index is 0.147. The van der Waals surface area contributed by atoms with Gasteiger partial charge in [-0.1, -0.05) is 64.1 Å². The van der Waals surface area contributed by atoms with Gasteiger partial charge in [0.05, 0.1) is 53.7 Å². The van der Waals surface area contributed by atoms with Gasteiger partial charge in [0.25, 0.3) is 0 Å². The molecule has 0 spiro atoms. The zero-order chi connectivity index (χ0) is 30.1. The van der Waals surface area contributed by atoms with Gasteiger partial charge in [0.15, 0.2) is 0 Å². The molecule has 218 valence electrons. The van der Waals surface area contributed by atoms with Crippen LogP contribution in [0, 0.1) is 5.92 Å². The van der Waals surface area contributed by atoms with E-state index in [0.717, 1.165) is 45.6 Å². The third kappa shape index (κ3) is 9.79. The molecule has 0 radical (unpaired) electrons. The summed E-state index contributed by atoms with van der Waals surface area (Å²) in [6, 6.07) is 8.40. The van der Waals surface area contributed by atoms with Crippen molar-refractivity contribution >= 4 is 22.8 Å². The highest BCUT2D eigenvalue weighted by atomic mass is 19.1. The van der Waals surface area contributed by atoms with Crippen LogP contribution in [-0.4, -0.2) is 38.4 Å². The van der Waals surface area contributed by atoms with Gasteiger partial charge >= 0.3 is 0 Å². The number of hydrogen-bond acceptors (Lipinski definition) is 6. The van der Waals surface area contributed by atoms with Crippen LogP contribution in [-0.2, 0) is 4.74 Å². The van der Waals surface area contributed by atoms with E-state index in [1.165, 1.54) is 0 Å². The van der Waals surface area contributed by atoms with E-state index in [1.807, 2.05) is 32.1 Å². The summed E-state index contributed by atoms with van der Waals surface area (Å²) in [6.07, 6.45) is 16.9. The summed E-state index contributed by atoms with van der Waals surface area (Å²) in [6.45, 7) is 15.1. The van der Waals surface area contributed by atoms with Crippen LogP contribution in [0.1, 0.15) is 54.9 Å². The van der Waals surface area contributed by atoms with E-state index < -0.39 is 0 Å². The van der Waals surface area contributed by atoms with E-state index in [9.17, 15) is 4.39 Å². The number of benzene rings is 1. The van der Waals surface area contributed by atoms with E-state index in [1.54, 1.807) is 13.3 Å². The molecule has 3 N–H and O–H groups in total. The van der Waals surface area contributed by atoms with Gasteiger partial charge in [0, 0.05) is 31.5 Å². The summed E-state index contributed by atoms with van der Waals surface area (Å²) >= 11 is 0. The number of allylic oxidation sites excluding steroid dienone is 7. The number of hydrogen-bond donors (Lipinski definition) is 2. The van der Waals surface area contributed by atoms with Crippen molar-refractivity contribution in [1.82, 2.24) is 5.32 Å². The van der Waals surface area contributed by atoms with Gasteiger partial charge in [-0.25, -0.2) is 4.99 Å². The molecule has 0 fully saturated rings. The van der Waals surface area contributed by atoms with Crippen LogP contribution in [0.4, 0.5) is 15.8 Å². The number of nitrogens with two attached hydrogens (primary N) is 1. The van der Waals surface area contributed by atoms with Crippen molar-refractivity contribution in [2.45, 2.75) is 60.9 Å². The first kappa shape index (κ1) is 34.3. The second-order valence-electron chi connectivity index (χ2n) is 9.26. The van der Waals surface area contributed by atoms with Gasteiger partial charge < -0.3 is 20.7 Å². The number of anilines is 1. The van der Waals surface area contributed by atoms with Crippen LogP contribution in [0.3, 0.4) is 0 Å². The second kappa shape index (κ2) is 18.6. The highest BCUT2D eigenvalue weighted by Gasteiger charge is 2.28. The molecule has 1 aliphatic heterocycles. The molecule has 7 heteroatoms. The first-order valence-electron chi connectivity index (χ1n) is 13.9. The fraction of sp³-hybridized carbons (Fsp3) is 0.394. The van der Waals surface area contributed by atoms with Crippen molar-refractivity contribution in [1.29, 1.82) is 0 Å². The summed E-state index contributed by atoms with van der Waals surface area (Å²) < 4.78 is 14.6. The van der Waals surface area contributed by atoms with Gasteiger partial charge in [0.2, 0.25) is 0 Å². The average Bonchev–Trinajstić information content (AvgIpc) is 3.12. The van der Waals surface area contributed by atoms with Crippen molar-refractivity contribution in [3.8, 4) is 0 Å². The number of halogens is 1. The Kier molecular flexibility index (Phi) is 15.9. The van der Waals surface area contributed by atoms with Gasteiger partial charge in [-0.2, -0.15) is 0 Å². The molecule has 40 heavy (non-hydrogen) atoms. The Morgan fingerprint density at radius 1 is 1.18 bits per heavy atom. The maximum Gasteiger partial charge on any atom is 0.0896 e. The van der Waals surface area contributed by atoms with Crippen LogP contribution in [0.25, 0.3) is 0 Å². The summed E-state index contributed by atoms with van der Waals surface area (Å²) in [4.78, 5) is 12.3. The van der Waals surface area contributed by atoms with Gasteiger partial charge in [-0.05, 0) is 57.0 Å². The van der Waals surface area contributed by atoms with E-state index >= 15 is 0 Å². The molecule has 0 saturated heterocycles. The number of para-hydroxylation sites is 2. The number of rotatable bonds is 9. The highest BCUT2D eigenvalue weighted by Crippen LogP contribution is 2.40. The molecule has 0 bridgehead atoms. The number of aliphatic imine (C=N–C) groups is 2. The summed E-state index contributed by atoms with van der Waals surface area (Å²) in [5.41, 5.74) is 13.5. The summed E-state index contributed by atoms with van der Waals surface area (Å²) in [5, 5.41) is 3.48. The molecule has 1 aromatic rings. The zero-order valence-electron chi connectivity index (χ0n) is 25.7. The Bertz CT molecular complexity index is 1180. The van der Waals surface area contributed by atoms with Crippen LogP contribution >= 0.6 is 0 Å². The molecule has 1 aromatic carbocycles. The summed E-state index contributed by atoms with van der Waals surface area (Å²) in [5.74, 6) is 0.448. The van der Waals surface area contributed by atoms with Gasteiger partial charge in [-0.15, -0.1) is 0 Å². The first-order chi connectivity index (χ1) is 19.4. The van der Waals surface area contributed by atoms with Crippen molar-refractivity contribution in [3.63, 3.8) is 0 Å². The predicted octanol–water partition coefficient (Wildman–Crippen LogP) is 7.92. The van der Waals surface area contributed by atoms with Crippen LogP contribution < -0.4 is 16.0 Å². The van der Waals surface area contributed by atoms with E-state index in [0.29, 0.717) is 26.1 Å². The minimum atomic E-state index is 0.147. The summed E-state index contributed by atoms with van der Waals surface area (Å²) in [7, 11) is 2.16. The Morgan fingerprint density at radius 3 is 2.48 bits per heavy atom. The molecule has 2 aliphatic rings. The number of fused-ring (bicyclic) bond motifs is 2. The van der Waals surface area contributed by atoms with Gasteiger partial charge in [0.1, 0.15) is 0 Å². The van der Waals surface area contributed by atoms with Crippen molar-refractivity contribution in [2.24, 2.45) is 21.6 Å². The van der Waals surface area contributed by atoms with Crippen LogP contribution in [0.15, 0.2) is 106 Å². The molecular formula is C33H48FN5O. The fourth-order valence-corrected chi connectivity index (χ4v) is 3.98. The third-order valence-electron chi connectivity index (χ3n) is 5.59. The lowest BCUT2D eigenvalue weighted by atomic mass is 10.1. The molecular weight excluding hydrogens is 501 g/mol. The van der Waals surface area contributed by atoms with E-state index in [-0.39, 0.29) is 6.04 Å². The number of alkyl halides is 1. The smallest absolute Gasteiger partial charge is 0.0896 e. The number of nitrogens with one attached hydrogen (secondary N) is 1. The molecule has 0 saturated carbocycles. The van der Waals surface area contributed by atoms with E-state index in [2.05, 4.69) is 93.4 Å². The molecule has 0 aromatic heterocycles. The standard InChI is InChI=1S/C30H39N5O.C2H6.CH3F/c1-7-24(15-14-21(2)3)35-29-13-9-8-12-26(29)34-28-19-27(33-23(20-31)11-10-18-36-6)25(32-22(4)5)16-17-30(28)35;2*1-2/h7-15,17,19-22,33H,16,18,31H2,1-6H3;1-2H3;1H3/b11-10-,15-14-,23-20+,24-7+,32-25?;;. The van der Waals surface area contributed by atoms with Crippen LogP contribution in [0.5, 0.6) is 0 Å². The quantitative estimate of drug-likeness (QED) is 0.307. The molecule has 1 aliphatic carbocycles. The Morgan fingerprint density at radius 2 is 1.88 bits per heavy atom. The molecule has 6 nitrogen and oxygen atoms in total. The van der Waals surface area contributed by atoms with Crippen molar-refractivity contribution in [2.75, 3.05) is 25.8 Å².